The van der Waals surface area contributed by atoms with Crippen LogP contribution in [0.1, 0.15) is 51.6 Å². The Hall–Kier alpha value is -3.52. The number of aromatic nitrogens is 2. The highest BCUT2D eigenvalue weighted by Crippen LogP contribution is 2.08. The monoisotopic (exact) mass is 511 g/mol. The van der Waals surface area contributed by atoms with Gasteiger partial charge in [-0.15, -0.1) is 0 Å². The summed E-state index contributed by atoms with van der Waals surface area (Å²) in [5, 5.41) is 25.8. The van der Waals surface area contributed by atoms with Gasteiger partial charge in [-0.3, -0.25) is 19.2 Å². The molecule has 10 N–H and O–H groups in total. The van der Waals surface area contributed by atoms with Gasteiger partial charge in [0, 0.05) is 18.3 Å². The Morgan fingerprint density at radius 1 is 0.972 bits per heavy atom. The van der Waals surface area contributed by atoms with Gasteiger partial charge in [0.05, 0.1) is 18.8 Å². The number of carbonyl (C=O) groups is 5. The zero-order chi connectivity index (χ0) is 27.3. The van der Waals surface area contributed by atoms with Crippen LogP contribution in [0.25, 0.3) is 0 Å². The maximum Gasteiger partial charge on any atom is 0.326 e. The fraction of sp³-hybridized carbons (Fsp3) is 0.636. The molecule has 4 atom stereocenters. The van der Waals surface area contributed by atoms with E-state index in [-0.39, 0.29) is 25.2 Å². The molecular weight excluding hydrogens is 474 g/mol. The van der Waals surface area contributed by atoms with Crippen LogP contribution < -0.4 is 27.4 Å². The van der Waals surface area contributed by atoms with E-state index in [4.69, 9.17) is 16.6 Å². The second-order valence-corrected chi connectivity index (χ2v) is 8.92. The van der Waals surface area contributed by atoms with Crippen LogP contribution in [0.15, 0.2) is 12.5 Å². The number of nitrogens with one attached hydrogen (secondary N) is 4. The van der Waals surface area contributed by atoms with Gasteiger partial charge in [-0.25, -0.2) is 9.78 Å². The van der Waals surface area contributed by atoms with E-state index in [0.29, 0.717) is 25.1 Å². The number of H-pyrrole nitrogens is 1. The van der Waals surface area contributed by atoms with Crippen molar-refractivity contribution in [1.82, 2.24) is 25.9 Å². The molecule has 202 valence electrons. The Kier molecular flexibility index (Phi) is 13.1. The number of carboxylic acid groups (broad SMARTS) is 2. The molecule has 0 aliphatic carbocycles. The van der Waals surface area contributed by atoms with Gasteiger partial charge in [0.1, 0.15) is 18.1 Å². The van der Waals surface area contributed by atoms with Crippen molar-refractivity contribution < 1.29 is 34.2 Å². The zero-order valence-electron chi connectivity index (χ0n) is 20.5. The van der Waals surface area contributed by atoms with Crippen LogP contribution >= 0.6 is 0 Å². The maximum atomic E-state index is 13.2. The van der Waals surface area contributed by atoms with Crippen LogP contribution in [0.5, 0.6) is 0 Å². The molecule has 14 heteroatoms. The van der Waals surface area contributed by atoms with Crippen molar-refractivity contribution in [2.75, 3.05) is 6.54 Å². The van der Waals surface area contributed by atoms with Crippen LogP contribution in [-0.4, -0.2) is 80.6 Å². The van der Waals surface area contributed by atoms with Crippen LogP contribution in [-0.2, 0) is 30.4 Å². The first-order valence-corrected chi connectivity index (χ1v) is 11.7. The molecule has 36 heavy (non-hydrogen) atoms. The van der Waals surface area contributed by atoms with E-state index in [2.05, 4.69) is 25.9 Å². The summed E-state index contributed by atoms with van der Waals surface area (Å²) in [5.74, 6) is -4.74. The minimum atomic E-state index is -1.39. The smallest absolute Gasteiger partial charge is 0.326 e. The number of carbonyl (C=O) groups excluding carboxylic acids is 3. The Bertz CT molecular complexity index is 876. The van der Waals surface area contributed by atoms with Gasteiger partial charge in [-0.1, -0.05) is 13.8 Å². The van der Waals surface area contributed by atoms with E-state index in [9.17, 15) is 29.1 Å². The highest BCUT2D eigenvalue weighted by atomic mass is 16.4. The van der Waals surface area contributed by atoms with E-state index in [1.807, 2.05) is 13.8 Å². The molecule has 0 bridgehead atoms. The predicted molar refractivity (Wildman–Crippen MR) is 128 cm³/mol. The molecule has 0 radical (unpaired) electrons. The van der Waals surface area contributed by atoms with Crippen molar-refractivity contribution in [1.29, 1.82) is 0 Å². The third-order valence-electron chi connectivity index (χ3n) is 5.24. The molecule has 0 aromatic carbocycles. The van der Waals surface area contributed by atoms with Gasteiger partial charge in [-0.2, -0.15) is 0 Å². The van der Waals surface area contributed by atoms with E-state index in [1.165, 1.54) is 12.5 Å². The zero-order valence-corrected chi connectivity index (χ0v) is 20.5. The highest BCUT2D eigenvalue weighted by Gasteiger charge is 2.31. The molecular formula is C22H37N7O7. The van der Waals surface area contributed by atoms with Gasteiger partial charge in [0.25, 0.3) is 0 Å². The maximum absolute atomic E-state index is 13.2. The molecule has 14 nitrogen and oxygen atoms in total. The van der Waals surface area contributed by atoms with Gasteiger partial charge in [-0.05, 0) is 38.1 Å². The first-order valence-electron chi connectivity index (χ1n) is 11.7. The molecule has 0 saturated heterocycles. The summed E-state index contributed by atoms with van der Waals surface area (Å²) in [6, 6.07) is -4.84. The lowest BCUT2D eigenvalue weighted by Gasteiger charge is -2.25. The fourth-order valence-corrected chi connectivity index (χ4v) is 3.38. The number of nitrogens with zero attached hydrogens (tertiary/aromatic N) is 1. The number of nitrogens with two attached hydrogens (primary N) is 2. The van der Waals surface area contributed by atoms with Crippen molar-refractivity contribution in [2.45, 2.75) is 76.5 Å². The second-order valence-electron chi connectivity index (χ2n) is 8.92. The minimum absolute atomic E-state index is 0.000639. The van der Waals surface area contributed by atoms with E-state index in [0.717, 1.165) is 0 Å². The number of amides is 3. The Morgan fingerprint density at radius 3 is 2.11 bits per heavy atom. The van der Waals surface area contributed by atoms with Crippen LogP contribution in [0.2, 0.25) is 0 Å². The van der Waals surface area contributed by atoms with E-state index < -0.39 is 60.2 Å². The molecule has 0 fully saturated rings. The van der Waals surface area contributed by atoms with Crippen LogP contribution in [0.4, 0.5) is 0 Å². The van der Waals surface area contributed by atoms with Crippen molar-refractivity contribution in [3.05, 3.63) is 18.2 Å². The average Bonchev–Trinajstić information content (AvgIpc) is 3.29. The summed E-state index contributed by atoms with van der Waals surface area (Å²) in [6.45, 7) is 4.01. The van der Waals surface area contributed by atoms with Crippen molar-refractivity contribution in [3.8, 4) is 0 Å². The third kappa shape index (κ3) is 11.3. The predicted octanol–water partition coefficient (Wildman–Crippen LogP) is -1.53. The fourth-order valence-electron chi connectivity index (χ4n) is 3.38. The lowest BCUT2D eigenvalue weighted by Crippen LogP contribution is -2.57. The number of carboxylic acids is 2. The number of imidazole rings is 1. The summed E-state index contributed by atoms with van der Waals surface area (Å²) >= 11 is 0. The topological polar surface area (TPSA) is 243 Å². The summed E-state index contributed by atoms with van der Waals surface area (Å²) in [6.07, 6.45) is 3.59. The summed E-state index contributed by atoms with van der Waals surface area (Å²) in [4.78, 5) is 67.7. The van der Waals surface area contributed by atoms with Gasteiger partial charge in [0.15, 0.2) is 0 Å². The number of aliphatic carboxylic acids is 2. The number of unbranched alkanes of at least 4 members (excludes halogenated alkanes) is 1. The SMILES string of the molecule is CC(C)CC(NC(=O)C(CCCCN)NC(=O)C(Cc1cnc[nH]1)NC(=O)C(N)CC(=O)O)C(=O)O. The Labute approximate surface area is 209 Å². The Morgan fingerprint density at radius 2 is 1.58 bits per heavy atom. The molecule has 1 aromatic rings. The second kappa shape index (κ2) is 15.5. The summed E-state index contributed by atoms with van der Waals surface area (Å²) in [5.41, 5.74) is 11.6. The normalized spacial score (nSPS) is 14.4. The minimum Gasteiger partial charge on any atom is -0.481 e. The molecule has 1 rings (SSSR count). The number of hydrogen-bond acceptors (Lipinski definition) is 8. The molecule has 0 aliphatic heterocycles. The van der Waals surface area contributed by atoms with Gasteiger partial charge < -0.3 is 42.6 Å². The molecule has 0 aliphatic rings. The quantitative estimate of drug-likeness (QED) is 0.112. The van der Waals surface area contributed by atoms with Gasteiger partial charge >= 0.3 is 11.9 Å². The number of rotatable bonds is 17. The molecule has 3 amide bonds. The molecule has 1 heterocycles. The van der Waals surface area contributed by atoms with Crippen molar-refractivity contribution in [2.24, 2.45) is 17.4 Å². The summed E-state index contributed by atoms with van der Waals surface area (Å²) in [7, 11) is 0. The first-order chi connectivity index (χ1) is 16.9. The van der Waals surface area contributed by atoms with Crippen LogP contribution in [0, 0.1) is 5.92 Å². The van der Waals surface area contributed by atoms with Crippen LogP contribution in [0.3, 0.4) is 0 Å². The molecule has 0 spiro atoms. The van der Waals surface area contributed by atoms with E-state index >= 15 is 0 Å². The lowest BCUT2D eigenvalue weighted by molar-refractivity contribution is -0.142. The standard InChI is InChI=1S/C22H37N7O7/c1-12(2)7-17(22(35)36)29-20(33)15(5-3-4-6-23)27-21(34)16(8-13-10-25-11-26-13)28-19(32)14(24)9-18(30)31/h10-12,14-17H,3-9,23-24H2,1-2H3,(H,25,26)(H,27,34)(H,28,32)(H,29,33)(H,30,31)(H,35,36). The highest BCUT2D eigenvalue weighted by molar-refractivity contribution is 5.94. The van der Waals surface area contributed by atoms with Crippen molar-refractivity contribution in [3.63, 3.8) is 0 Å². The Balaban J connectivity index is 3.05. The lowest BCUT2D eigenvalue weighted by atomic mass is 10.0. The van der Waals surface area contributed by atoms with Crippen molar-refractivity contribution >= 4 is 29.7 Å². The third-order valence-corrected chi connectivity index (χ3v) is 5.24. The molecule has 0 saturated carbocycles. The van der Waals surface area contributed by atoms with E-state index in [1.54, 1.807) is 0 Å². The number of hydrogen-bond donors (Lipinski definition) is 8. The summed E-state index contributed by atoms with van der Waals surface area (Å²) < 4.78 is 0. The molecule has 4 unspecified atom stereocenters. The first kappa shape index (κ1) is 30.5. The van der Waals surface area contributed by atoms with Gasteiger partial charge in [0.2, 0.25) is 17.7 Å². The average molecular weight is 512 g/mol. The largest absolute Gasteiger partial charge is 0.481 e. The molecule has 1 aromatic heterocycles. The number of aromatic amines is 1.